The van der Waals surface area contributed by atoms with Gasteiger partial charge in [-0.15, -0.1) is 0 Å². The van der Waals surface area contributed by atoms with Crippen molar-refractivity contribution in [3.63, 3.8) is 0 Å². The summed E-state index contributed by atoms with van der Waals surface area (Å²) in [6.07, 6.45) is 5.99. The highest BCUT2D eigenvalue weighted by molar-refractivity contribution is 4.94. The lowest BCUT2D eigenvalue weighted by atomic mass is 9.78. The Morgan fingerprint density at radius 3 is 2.07 bits per heavy atom. The van der Waals surface area contributed by atoms with Crippen LogP contribution in [0.2, 0.25) is 0 Å². The first-order valence-electron chi connectivity index (χ1n) is 6.63. The molecular formula is C14H26. The van der Waals surface area contributed by atoms with Crippen molar-refractivity contribution in [3.8, 4) is 0 Å². The van der Waals surface area contributed by atoms with E-state index < -0.39 is 0 Å². The highest BCUT2D eigenvalue weighted by Gasteiger charge is 2.46. The molecule has 0 amide bonds. The van der Waals surface area contributed by atoms with Gasteiger partial charge in [0.15, 0.2) is 0 Å². The van der Waals surface area contributed by atoms with Gasteiger partial charge < -0.3 is 0 Å². The molecule has 0 heteroatoms. The molecule has 0 spiro atoms. The molecule has 0 bridgehead atoms. The molecule has 0 aliphatic heterocycles. The van der Waals surface area contributed by atoms with Gasteiger partial charge >= 0.3 is 0 Å². The third-order valence-electron chi connectivity index (χ3n) is 5.54. The second-order valence-electron chi connectivity index (χ2n) is 6.08. The van der Waals surface area contributed by atoms with Crippen LogP contribution in [0.5, 0.6) is 0 Å². The minimum absolute atomic E-state index is 0.963. The number of rotatable bonds is 0. The Hall–Kier alpha value is 0. The molecule has 14 heavy (non-hydrogen) atoms. The maximum atomic E-state index is 2.51. The van der Waals surface area contributed by atoms with E-state index in [4.69, 9.17) is 0 Å². The van der Waals surface area contributed by atoms with Crippen molar-refractivity contribution in [1.29, 1.82) is 0 Å². The van der Waals surface area contributed by atoms with Crippen LogP contribution < -0.4 is 0 Å². The summed E-state index contributed by atoms with van der Waals surface area (Å²) in [6, 6.07) is 0. The second kappa shape index (κ2) is 3.87. The van der Waals surface area contributed by atoms with Gasteiger partial charge in [-0.2, -0.15) is 0 Å². The highest BCUT2D eigenvalue weighted by atomic mass is 14.5. The van der Waals surface area contributed by atoms with Crippen molar-refractivity contribution in [2.45, 2.75) is 53.4 Å². The van der Waals surface area contributed by atoms with E-state index in [-0.39, 0.29) is 0 Å². The van der Waals surface area contributed by atoms with E-state index in [0.29, 0.717) is 0 Å². The lowest BCUT2D eigenvalue weighted by molar-refractivity contribution is 0.214. The standard InChI is InChI=1S/C14H26/c1-9-7-5-6-8-13-11(3)10(2)12(4)14(9)13/h9-14H,5-8H2,1-4H3. The van der Waals surface area contributed by atoms with Crippen molar-refractivity contribution < 1.29 is 0 Å². The molecular weight excluding hydrogens is 168 g/mol. The summed E-state index contributed by atoms with van der Waals surface area (Å²) in [5.41, 5.74) is 0. The van der Waals surface area contributed by atoms with Crippen molar-refractivity contribution in [2.75, 3.05) is 0 Å². The van der Waals surface area contributed by atoms with E-state index in [9.17, 15) is 0 Å². The first kappa shape index (κ1) is 10.5. The predicted molar refractivity (Wildman–Crippen MR) is 62.1 cm³/mol. The van der Waals surface area contributed by atoms with E-state index in [1.54, 1.807) is 0 Å². The van der Waals surface area contributed by atoms with Crippen LogP contribution in [0.3, 0.4) is 0 Å². The van der Waals surface area contributed by atoms with E-state index >= 15 is 0 Å². The van der Waals surface area contributed by atoms with Gasteiger partial charge in [-0.3, -0.25) is 0 Å². The van der Waals surface area contributed by atoms with Gasteiger partial charge in [0, 0.05) is 0 Å². The summed E-state index contributed by atoms with van der Waals surface area (Å²) in [6.45, 7) is 10.00. The van der Waals surface area contributed by atoms with Crippen molar-refractivity contribution in [3.05, 3.63) is 0 Å². The van der Waals surface area contributed by atoms with Crippen LogP contribution in [0.15, 0.2) is 0 Å². The van der Waals surface area contributed by atoms with Gasteiger partial charge in [-0.05, 0) is 41.9 Å². The molecule has 0 radical (unpaired) electrons. The highest BCUT2D eigenvalue weighted by Crippen LogP contribution is 2.52. The normalized spacial score (nSPS) is 54.0. The SMILES string of the molecule is CC1CCCCC2C(C)C(C)C(C)C12. The third kappa shape index (κ3) is 1.51. The van der Waals surface area contributed by atoms with Gasteiger partial charge in [0.25, 0.3) is 0 Å². The van der Waals surface area contributed by atoms with Crippen molar-refractivity contribution >= 4 is 0 Å². The van der Waals surface area contributed by atoms with Gasteiger partial charge in [0.05, 0.1) is 0 Å². The van der Waals surface area contributed by atoms with Gasteiger partial charge in [0.1, 0.15) is 0 Å². The Bertz CT molecular complexity index is 196. The molecule has 2 aliphatic carbocycles. The lowest BCUT2D eigenvalue weighted by Gasteiger charge is -2.27. The van der Waals surface area contributed by atoms with Crippen LogP contribution in [0, 0.1) is 35.5 Å². The van der Waals surface area contributed by atoms with Crippen LogP contribution in [-0.4, -0.2) is 0 Å². The number of fused-ring (bicyclic) bond motifs is 1. The van der Waals surface area contributed by atoms with E-state index in [1.807, 2.05) is 0 Å². The topological polar surface area (TPSA) is 0 Å². The summed E-state index contributed by atoms with van der Waals surface area (Å²) in [5.74, 6) is 6.01. The molecule has 0 nitrogen and oxygen atoms in total. The van der Waals surface area contributed by atoms with Crippen LogP contribution in [0.4, 0.5) is 0 Å². The van der Waals surface area contributed by atoms with Crippen LogP contribution in [-0.2, 0) is 0 Å². The van der Waals surface area contributed by atoms with Crippen molar-refractivity contribution in [1.82, 2.24) is 0 Å². The minimum Gasteiger partial charge on any atom is -0.0622 e. The maximum Gasteiger partial charge on any atom is -0.0329 e. The molecule has 2 saturated carbocycles. The smallest absolute Gasteiger partial charge is 0.0329 e. The Kier molecular flexibility index (Phi) is 2.91. The average molecular weight is 194 g/mol. The fourth-order valence-corrected chi connectivity index (χ4v) is 4.39. The molecule has 82 valence electrons. The molecule has 2 aliphatic rings. The van der Waals surface area contributed by atoms with Crippen molar-refractivity contribution in [2.24, 2.45) is 35.5 Å². The molecule has 0 saturated heterocycles. The summed E-state index contributed by atoms with van der Waals surface area (Å²) in [7, 11) is 0. The average Bonchev–Trinajstić information content (AvgIpc) is 2.35. The van der Waals surface area contributed by atoms with Gasteiger partial charge in [-0.25, -0.2) is 0 Å². The minimum atomic E-state index is 0.963. The Morgan fingerprint density at radius 2 is 1.36 bits per heavy atom. The maximum absolute atomic E-state index is 2.51. The summed E-state index contributed by atoms with van der Waals surface area (Å²) < 4.78 is 0. The van der Waals surface area contributed by atoms with Gasteiger partial charge in [0.2, 0.25) is 0 Å². The van der Waals surface area contributed by atoms with E-state index in [1.165, 1.54) is 25.7 Å². The molecule has 0 aromatic heterocycles. The first-order chi connectivity index (χ1) is 6.63. The molecule has 0 heterocycles. The molecule has 0 aromatic carbocycles. The molecule has 6 unspecified atom stereocenters. The molecule has 2 rings (SSSR count). The second-order valence-corrected chi connectivity index (χ2v) is 6.08. The molecule has 6 atom stereocenters. The summed E-state index contributed by atoms with van der Waals surface area (Å²) in [5, 5.41) is 0. The fraction of sp³-hybridized carbons (Fsp3) is 1.00. The largest absolute Gasteiger partial charge is 0.0622 e. The zero-order chi connectivity index (χ0) is 10.3. The summed E-state index contributed by atoms with van der Waals surface area (Å²) >= 11 is 0. The molecule has 0 aromatic rings. The lowest BCUT2D eigenvalue weighted by Crippen LogP contribution is -2.21. The fourth-order valence-electron chi connectivity index (χ4n) is 4.39. The van der Waals surface area contributed by atoms with Crippen LogP contribution in [0.1, 0.15) is 53.4 Å². The van der Waals surface area contributed by atoms with Gasteiger partial charge in [-0.1, -0.05) is 47.0 Å². The zero-order valence-electron chi connectivity index (χ0n) is 10.3. The summed E-state index contributed by atoms with van der Waals surface area (Å²) in [4.78, 5) is 0. The zero-order valence-corrected chi connectivity index (χ0v) is 10.3. The third-order valence-corrected chi connectivity index (χ3v) is 5.54. The number of hydrogen-bond acceptors (Lipinski definition) is 0. The first-order valence-corrected chi connectivity index (χ1v) is 6.63. The molecule has 0 N–H and O–H groups in total. The monoisotopic (exact) mass is 194 g/mol. The van der Waals surface area contributed by atoms with E-state index in [0.717, 1.165) is 35.5 Å². The predicted octanol–water partition coefficient (Wildman–Crippen LogP) is 4.35. The Labute approximate surface area is 89.5 Å². The Morgan fingerprint density at radius 1 is 0.714 bits per heavy atom. The van der Waals surface area contributed by atoms with Crippen LogP contribution in [0.25, 0.3) is 0 Å². The quantitative estimate of drug-likeness (QED) is 0.538. The molecule has 2 fully saturated rings. The van der Waals surface area contributed by atoms with E-state index in [2.05, 4.69) is 27.7 Å². The van der Waals surface area contributed by atoms with Crippen LogP contribution >= 0.6 is 0 Å². The Balaban J connectivity index is 2.20. The number of hydrogen-bond donors (Lipinski definition) is 0.